The van der Waals surface area contributed by atoms with Crippen molar-refractivity contribution in [2.24, 2.45) is 0 Å². The summed E-state index contributed by atoms with van der Waals surface area (Å²) in [6.45, 7) is -0.0988. The molecule has 0 bridgehead atoms. The summed E-state index contributed by atoms with van der Waals surface area (Å²) in [5.41, 5.74) is 1.21. The van der Waals surface area contributed by atoms with Gasteiger partial charge in [0.15, 0.2) is 11.5 Å². The fraction of sp³-hybridized carbons (Fsp3) is 0.591. The van der Waals surface area contributed by atoms with Gasteiger partial charge in [-0.05, 0) is 65.6 Å². The molecule has 0 radical (unpaired) electrons. The number of aliphatic hydroxyl groups excluding tert-OH is 3. The molecule has 0 heterocycles. The van der Waals surface area contributed by atoms with Gasteiger partial charge in [0.2, 0.25) is 5.91 Å². The summed E-state index contributed by atoms with van der Waals surface area (Å²) in [7, 11) is 1.52. The normalized spacial score (nSPS) is 24.0. The van der Waals surface area contributed by atoms with Crippen molar-refractivity contribution < 1.29 is 29.6 Å². The molecule has 2 aliphatic carbocycles. The third-order valence-corrected chi connectivity index (χ3v) is 6.58. The van der Waals surface area contributed by atoms with Crippen molar-refractivity contribution in [3.05, 3.63) is 32.9 Å². The van der Waals surface area contributed by atoms with Crippen LogP contribution in [0.15, 0.2) is 23.8 Å². The molecule has 1 saturated carbocycles. The molecule has 3 rings (SSSR count). The molecular formula is C22H31IN2O6. The molecule has 0 unspecified atom stereocenters. The van der Waals surface area contributed by atoms with Gasteiger partial charge in [-0.25, -0.2) is 0 Å². The molecule has 5 N–H and O–H groups in total. The van der Waals surface area contributed by atoms with Crippen molar-refractivity contribution in [1.29, 1.82) is 0 Å². The van der Waals surface area contributed by atoms with E-state index in [-0.39, 0.29) is 31.7 Å². The molecule has 31 heavy (non-hydrogen) atoms. The maximum absolute atomic E-state index is 12.6. The summed E-state index contributed by atoms with van der Waals surface area (Å²) in [6, 6.07) is 3.48. The number of rotatable bonds is 9. The standard InChI is InChI=1S/C22H31IN2O6/c1-30-19-9-13(12-27)8-16(23)21(19)31-18-11-14(22(29)24-6-7-26)10-17(20(18)28)25-15-4-2-3-5-15/h8-9,11,15,17-18,20,25-28H,2-7,10,12H2,1H3,(H,24,29)/t17-,18+,20+/m1/s1. The zero-order valence-electron chi connectivity index (χ0n) is 17.6. The lowest BCUT2D eigenvalue weighted by molar-refractivity contribution is -0.118. The summed E-state index contributed by atoms with van der Waals surface area (Å²) in [6.07, 6.45) is 4.85. The van der Waals surface area contributed by atoms with Crippen LogP contribution in [0.25, 0.3) is 0 Å². The molecule has 3 atom stereocenters. The van der Waals surface area contributed by atoms with Gasteiger partial charge in [0, 0.05) is 24.2 Å². The van der Waals surface area contributed by atoms with Crippen LogP contribution in [0, 0.1) is 3.57 Å². The third-order valence-electron chi connectivity index (χ3n) is 5.77. The van der Waals surface area contributed by atoms with Gasteiger partial charge in [-0.2, -0.15) is 0 Å². The molecule has 0 aromatic heterocycles. The van der Waals surface area contributed by atoms with Crippen LogP contribution in [0.1, 0.15) is 37.7 Å². The van der Waals surface area contributed by atoms with E-state index in [4.69, 9.17) is 14.6 Å². The number of amides is 1. The van der Waals surface area contributed by atoms with E-state index in [0.29, 0.717) is 35.1 Å². The van der Waals surface area contributed by atoms with Gasteiger partial charge in [0.1, 0.15) is 12.2 Å². The summed E-state index contributed by atoms with van der Waals surface area (Å²) in [5, 5.41) is 35.8. The van der Waals surface area contributed by atoms with Crippen molar-refractivity contribution >= 4 is 28.5 Å². The Balaban J connectivity index is 1.87. The van der Waals surface area contributed by atoms with Crippen LogP contribution in [0.5, 0.6) is 11.5 Å². The Hall–Kier alpha value is -1.40. The summed E-state index contributed by atoms with van der Waals surface area (Å²) in [4.78, 5) is 12.6. The number of carbonyl (C=O) groups excluding carboxylic acids is 1. The molecule has 8 nitrogen and oxygen atoms in total. The molecule has 9 heteroatoms. The quantitative estimate of drug-likeness (QED) is 0.296. The first kappa shape index (κ1) is 24.2. The van der Waals surface area contributed by atoms with Crippen molar-refractivity contribution in [3.63, 3.8) is 0 Å². The summed E-state index contributed by atoms with van der Waals surface area (Å²) < 4.78 is 12.4. The predicted octanol–water partition coefficient (Wildman–Crippen LogP) is 1.24. The second-order valence-corrected chi connectivity index (χ2v) is 9.13. The summed E-state index contributed by atoms with van der Waals surface area (Å²) in [5.74, 6) is 0.635. The molecule has 1 aromatic rings. The maximum Gasteiger partial charge on any atom is 0.247 e. The number of ether oxygens (including phenoxy) is 2. The van der Waals surface area contributed by atoms with Crippen LogP contribution in [-0.2, 0) is 11.4 Å². The minimum atomic E-state index is -0.854. The van der Waals surface area contributed by atoms with Crippen LogP contribution in [-0.4, -0.2) is 65.8 Å². The number of carbonyl (C=O) groups is 1. The van der Waals surface area contributed by atoms with Gasteiger partial charge in [-0.3, -0.25) is 4.79 Å². The number of methoxy groups -OCH3 is 1. The lowest BCUT2D eigenvalue weighted by atomic mass is 9.88. The fourth-order valence-corrected chi connectivity index (χ4v) is 4.97. The van der Waals surface area contributed by atoms with Crippen molar-refractivity contribution in [1.82, 2.24) is 10.6 Å². The largest absolute Gasteiger partial charge is 0.493 e. The first-order valence-corrected chi connectivity index (χ1v) is 11.7. The molecule has 2 aliphatic rings. The monoisotopic (exact) mass is 546 g/mol. The van der Waals surface area contributed by atoms with Gasteiger partial charge >= 0.3 is 0 Å². The van der Waals surface area contributed by atoms with E-state index in [1.54, 1.807) is 18.2 Å². The lowest BCUT2D eigenvalue weighted by Gasteiger charge is -2.36. The molecule has 1 aromatic carbocycles. The fourth-order valence-electron chi connectivity index (χ4n) is 4.17. The van der Waals surface area contributed by atoms with Crippen LogP contribution in [0.4, 0.5) is 0 Å². The number of benzene rings is 1. The minimum absolute atomic E-state index is 0.124. The molecular weight excluding hydrogens is 515 g/mol. The van der Waals surface area contributed by atoms with Gasteiger partial charge in [-0.1, -0.05) is 12.8 Å². The van der Waals surface area contributed by atoms with E-state index in [9.17, 15) is 15.0 Å². The second-order valence-electron chi connectivity index (χ2n) is 7.97. The van der Waals surface area contributed by atoms with Gasteiger partial charge < -0.3 is 35.4 Å². The first-order valence-electron chi connectivity index (χ1n) is 10.6. The van der Waals surface area contributed by atoms with E-state index in [1.165, 1.54) is 7.11 Å². The van der Waals surface area contributed by atoms with Crippen LogP contribution in [0.3, 0.4) is 0 Å². The van der Waals surface area contributed by atoms with E-state index in [0.717, 1.165) is 29.3 Å². The molecule has 1 amide bonds. The Morgan fingerprint density at radius 2 is 2.00 bits per heavy atom. The molecule has 0 saturated heterocycles. The topological polar surface area (TPSA) is 120 Å². The minimum Gasteiger partial charge on any atom is -0.493 e. The highest BCUT2D eigenvalue weighted by atomic mass is 127. The Kier molecular flexibility index (Phi) is 8.96. The number of halogens is 1. The number of aliphatic hydroxyl groups is 3. The van der Waals surface area contributed by atoms with Crippen molar-refractivity contribution in [2.75, 3.05) is 20.3 Å². The Labute approximate surface area is 196 Å². The van der Waals surface area contributed by atoms with E-state index in [2.05, 4.69) is 33.2 Å². The number of hydrogen-bond donors (Lipinski definition) is 5. The number of hydrogen-bond acceptors (Lipinski definition) is 7. The maximum atomic E-state index is 12.6. The first-order chi connectivity index (χ1) is 15.0. The Morgan fingerprint density at radius 1 is 1.26 bits per heavy atom. The van der Waals surface area contributed by atoms with E-state index < -0.39 is 12.2 Å². The van der Waals surface area contributed by atoms with Crippen molar-refractivity contribution in [2.45, 2.75) is 63.0 Å². The molecule has 1 fully saturated rings. The van der Waals surface area contributed by atoms with Crippen molar-refractivity contribution in [3.8, 4) is 11.5 Å². The van der Waals surface area contributed by atoms with E-state index in [1.807, 2.05) is 0 Å². The Bertz CT molecular complexity index is 796. The third kappa shape index (κ3) is 6.10. The SMILES string of the molecule is COc1cc(CO)cc(I)c1O[C@H]1C=C(C(=O)NCCO)C[C@@H](NC2CCCC2)[C@@H]1O. The predicted molar refractivity (Wildman–Crippen MR) is 124 cm³/mol. The Morgan fingerprint density at radius 3 is 2.65 bits per heavy atom. The molecule has 0 aliphatic heterocycles. The highest BCUT2D eigenvalue weighted by molar-refractivity contribution is 14.1. The van der Waals surface area contributed by atoms with E-state index >= 15 is 0 Å². The average molecular weight is 546 g/mol. The molecule has 172 valence electrons. The van der Waals surface area contributed by atoms with Gasteiger partial charge in [-0.15, -0.1) is 0 Å². The van der Waals surface area contributed by atoms with Crippen LogP contribution in [0.2, 0.25) is 0 Å². The summed E-state index contributed by atoms with van der Waals surface area (Å²) >= 11 is 2.10. The second kappa shape index (κ2) is 11.5. The smallest absolute Gasteiger partial charge is 0.247 e. The number of nitrogens with one attached hydrogen (secondary N) is 2. The highest BCUT2D eigenvalue weighted by Crippen LogP contribution is 2.36. The zero-order chi connectivity index (χ0) is 22.4. The van der Waals surface area contributed by atoms with Gasteiger partial charge in [0.05, 0.1) is 23.9 Å². The van der Waals surface area contributed by atoms with Gasteiger partial charge in [0.25, 0.3) is 0 Å². The molecule has 0 spiro atoms. The lowest BCUT2D eigenvalue weighted by Crippen LogP contribution is -2.53. The van der Waals surface area contributed by atoms with Crippen LogP contribution >= 0.6 is 22.6 Å². The average Bonchev–Trinajstić information content (AvgIpc) is 3.28. The zero-order valence-corrected chi connectivity index (χ0v) is 19.8. The highest BCUT2D eigenvalue weighted by Gasteiger charge is 2.37. The van der Waals surface area contributed by atoms with Crippen LogP contribution < -0.4 is 20.1 Å².